The molecule has 1 atom stereocenters. The summed E-state index contributed by atoms with van der Waals surface area (Å²) < 4.78 is 5.26. The summed E-state index contributed by atoms with van der Waals surface area (Å²) in [5, 5.41) is 8.83. The zero-order valence-electron chi connectivity index (χ0n) is 11.8. The van der Waals surface area contributed by atoms with Crippen molar-refractivity contribution in [3.63, 3.8) is 0 Å². The maximum absolute atomic E-state index is 12.0. The maximum atomic E-state index is 12.0. The van der Waals surface area contributed by atoms with Crippen LogP contribution >= 0.6 is 0 Å². The first-order chi connectivity index (χ1) is 8.86. The molecular formula is C15H20O4. The summed E-state index contributed by atoms with van der Waals surface area (Å²) >= 11 is 0. The monoisotopic (exact) mass is 264 g/mol. The molecule has 0 radical (unpaired) electrons. The van der Waals surface area contributed by atoms with Gasteiger partial charge < -0.3 is 9.84 Å². The minimum absolute atomic E-state index is 0.0131. The molecule has 0 bridgehead atoms. The second-order valence-corrected chi connectivity index (χ2v) is 4.98. The van der Waals surface area contributed by atoms with Gasteiger partial charge in [0.05, 0.1) is 13.0 Å². The van der Waals surface area contributed by atoms with Crippen LogP contribution in [0.4, 0.5) is 0 Å². The van der Waals surface area contributed by atoms with Crippen molar-refractivity contribution in [1.82, 2.24) is 0 Å². The second-order valence-electron chi connectivity index (χ2n) is 4.98. The third kappa shape index (κ3) is 3.81. The minimum atomic E-state index is -0.953. The molecule has 4 heteroatoms. The van der Waals surface area contributed by atoms with E-state index in [1.807, 2.05) is 13.8 Å². The van der Waals surface area contributed by atoms with Crippen molar-refractivity contribution in [2.24, 2.45) is 5.92 Å². The quantitative estimate of drug-likeness (QED) is 0.802. The molecule has 1 aromatic rings. The van der Waals surface area contributed by atoms with E-state index in [0.29, 0.717) is 5.56 Å². The molecule has 0 aliphatic rings. The number of carboxylic acid groups (broad SMARTS) is 1. The fourth-order valence-corrected chi connectivity index (χ4v) is 1.84. The highest BCUT2D eigenvalue weighted by atomic mass is 16.5. The summed E-state index contributed by atoms with van der Waals surface area (Å²) in [6, 6.07) is 5.23. The molecule has 1 aromatic carbocycles. The number of methoxy groups -OCH3 is 1. The number of ketones is 1. The molecule has 0 heterocycles. The summed E-state index contributed by atoms with van der Waals surface area (Å²) in [7, 11) is 1.59. The van der Waals surface area contributed by atoms with Crippen molar-refractivity contribution in [2.45, 2.75) is 33.1 Å². The topological polar surface area (TPSA) is 63.6 Å². The van der Waals surface area contributed by atoms with Gasteiger partial charge in [0.2, 0.25) is 0 Å². The van der Waals surface area contributed by atoms with Crippen molar-refractivity contribution in [1.29, 1.82) is 0 Å². The van der Waals surface area contributed by atoms with Crippen LogP contribution in [-0.4, -0.2) is 24.0 Å². The summed E-state index contributed by atoms with van der Waals surface area (Å²) in [5.74, 6) is -0.792. The smallest absolute Gasteiger partial charge is 0.306 e. The predicted octanol–water partition coefficient (Wildman–Crippen LogP) is 3.11. The van der Waals surface area contributed by atoms with Crippen LogP contribution in [0.1, 0.15) is 49.0 Å². The molecule has 1 N–H and O–H groups in total. The molecule has 0 saturated carbocycles. The van der Waals surface area contributed by atoms with Gasteiger partial charge in [-0.25, -0.2) is 0 Å². The summed E-state index contributed by atoms with van der Waals surface area (Å²) in [6.07, 6.45) is 0.0131. The number of carbonyl (C=O) groups is 2. The van der Waals surface area contributed by atoms with Crippen LogP contribution in [0, 0.1) is 5.92 Å². The summed E-state index contributed by atoms with van der Waals surface area (Å²) in [5.41, 5.74) is 1.49. The average Bonchev–Trinajstić information content (AvgIpc) is 2.37. The normalized spacial score (nSPS) is 12.3. The van der Waals surface area contributed by atoms with Gasteiger partial charge in [-0.05, 0) is 29.7 Å². The Morgan fingerprint density at radius 3 is 2.37 bits per heavy atom. The molecule has 104 valence electrons. The Hall–Kier alpha value is -1.84. The maximum Gasteiger partial charge on any atom is 0.306 e. The SMILES string of the molecule is COc1ccc(C(=O)CC(C)C(=O)O)cc1C(C)C. The van der Waals surface area contributed by atoms with E-state index >= 15 is 0 Å². The number of carboxylic acids is 1. The molecule has 19 heavy (non-hydrogen) atoms. The van der Waals surface area contributed by atoms with Crippen LogP contribution in [0.5, 0.6) is 5.75 Å². The number of hydrogen-bond donors (Lipinski definition) is 1. The van der Waals surface area contributed by atoms with E-state index in [1.165, 1.54) is 6.92 Å². The van der Waals surface area contributed by atoms with Crippen LogP contribution in [0.3, 0.4) is 0 Å². The van der Waals surface area contributed by atoms with Crippen LogP contribution in [0.25, 0.3) is 0 Å². The molecule has 0 aliphatic heterocycles. The largest absolute Gasteiger partial charge is 0.496 e. The van der Waals surface area contributed by atoms with Crippen molar-refractivity contribution in [2.75, 3.05) is 7.11 Å². The Balaban J connectivity index is 2.99. The fourth-order valence-electron chi connectivity index (χ4n) is 1.84. The van der Waals surface area contributed by atoms with Gasteiger partial charge in [-0.2, -0.15) is 0 Å². The number of benzene rings is 1. The van der Waals surface area contributed by atoms with Gasteiger partial charge in [-0.15, -0.1) is 0 Å². The van der Waals surface area contributed by atoms with Crippen molar-refractivity contribution in [3.8, 4) is 5.75 Å². The lowest BCUT2D eigenvalue weighted by atomic mass is 9.95. The van der Waals surface area contributed by atoms with Crippen molar-refractivity contribution in [3.05, 3.63) is 29.3 Å². The van der Waals surface area contributed by atoms with Crippen LogP contribution in [-0.2, 0) is 4.79 Å². The Labute approximate surface area is 113 Å². The Morgan fingerprint density at radius 1 is 1.26 bits per heavy atom. The zero-order valence-corrected chi connectivity index (χ0v) is 11.8. The van der Waals surface area contributed by atoms with Gasteiger partial charge >= 0.3 is 5.97 Å². The number of rotatable bonds is 6. The van der Waals surface area contributed by atoms with E-state index in [2.05, 4.69) is 0 Å². The van der Waals surface area contributed by atoms with Gasteiger partial charge in [0, 0.05) is 12.0 Å². The predicted molar refractivity (Wildman–Crippen MR) is 72.8 cm³/mol. The number of Topliss-reactive ketones (excluding diaryl/α,β-unsaturated/α-hetero) is 1. The van der Waals surface area contributed by atoms with Crippen molar-refractivity contribution >= 4 is 11.8 Å². The van der Waals surface area contributed by atoms with Gasteiger partial charge in [-0.3, -0.25) is 9.59 Å². The number of aliphatic carboxylic acids is 1. The van der Waals surface area contributed by atoms with Gasteiger partial charge in [-0.1, -0.05) is 20.8 Å². The van der Waals surface area contributed by atoms with E-state index in [-0.39, 0.29) is 18.1 Å². The van der Waals surface area contributed by atoms with E-state index in [0.717, 1.165) is 11.3 Å². The number of ether oxygens (including phenoxy) is 1. The lowest BCUT2D eigenvalue weighted by molar-refractivity contribution is -0.141. The number of hydrogen-bond acceptors (Lipinski definition) is 3. The Kier molecular flexibility index (Phi) is 5.10. The molecule has 0 amide bonds. The summed E-state index contributed by atoms with van der Waals surface area (Å²) in [4.78, 5) is 22.8. The van der Waals surface area contributed by atoms with E-state index < -0.39 is 11.9 Å². The first-order valence-electron chi connectivity index (χ1n) is 6.30. The fraction of sp³-hybridized carbons (Fsp3) is 0.467. The lowest BCUT2D eigenvalue weighted by Crippen LogP contribution is -2.15. The van der Waals surface area contributed by atoms with Gasteiger partial charge in [0.15, 0.2) is 5.78 Å². The van der Waals surface area contributed by atoms with Gasteiger partial charge in [0.1, 0.15) is 5.75 Å². The Bertz CT molecular complexity index is 477. The zero-order chi connectivity index (χ0) is 14.6. The standard InChI is InChI=1S/C15H20O4/c1-9(2)12-8-11(5-6-14(12)19-4)13(16)7-10(3)15(17)18/h5-6,8-10H,7H2,1-4H3,(H,17,18). The molecule has 0 spiro atoms. The highest BCUT2D eigenvalue weighted by Crippen LogP contribution is 2.28. The first-order valence-corrected chi connectivity index (χ1v) is 6.30. The van der Waals surface area contributed by atoms with Crippen LogP contribution in [0.15, 0.2) is 18.2 Å². The van der Waals surface area contributed by atoms with E-state index in [9.17, 15) is 9.59 Å². The highest BCUT2D eigenvalue weighted by Gasteiger charge is 2.18. The minimum Gasteiger partial charge on any atom is -0.496 e. The Morgan fingerprint density at radius 2 is 1.89 bits per heavy atom. The third-order valence-corrected chi connectivity index (χ3v) is 3.09. The van der Waals surface area contributed by atoms with E-state index in [1.54, 1.807) is 25.3 Å². The first kappa shape index (κ1) is 15.2. The molecule has 4 nitrogen and oxygen atoms in total. The molecule has 0 aromatic heterocycles. The molecule has 1 rings (SSSR count). The average molecular weight is 264 g/mol. The molecule has 0 aliphatic carbocycles. The summed E-state index contributed by atoms with van der Waals surface area (Å²) in [6.45, 7) is 5.57. The molecule has 0 saturated heterocycles. The second kappa shape index (κ2) is 6.36. The molecule has 0 fully saturated rings. The third-order valence-electron chi connectivity index (χ3n) is 3.09. The van der Waals surface area contributed by atoms with E-state index in [4.69, 9.17) is 9.84 Å². The molecule has 1 unspecified atom stereocenters. The lowest BCUT2D eigenvalue weighted by Gasteiger charge is -2.13. The van der Waals surface area contributed by atoms with Gasteiger partial charge in [0.25, 0.3) is 0 Å². The van der Waals surface area contributed by atoms with Crippen molar-refractivity contribution < 1.29 is 19.4 Å². The highest BCUT2D eigenvalue weighted by molar-refractivity contribution is 5.98. The van der Waals surface area contributed by atoms with Crippen LogP contribution < -0.4 is 4.74 Å². The van der Waals surface area contributed by atoms with Crippen LogP contribution in [0.2, 0.25) is 0 Å². The number of carbonyl (C=O) groups excluding carboxylic acids is 1. The molecular weight excluding hydrogens is 244 g/mol.